The molecule has 3 nitrogen and oxygen atoms in total. The van der Waals surface area contributed by atoms with Gasteiger partial charge in [-0.05, 0) is 142 Å². The first-order chi connectivity index (χ1) is 20.2. The molecule has 3 heteroatoms. The molecule has 1 heterocycles. The van der Waals surface area contributed by atoms with Crippen molar-refractivity contribution in [1.29, 1.82) is 0 Å². The zero-order valence-corrected chi connectivity index (χ0v) is 28.2. The molecular weight excluding hydrogens is 514 g/mol. The topological polar surface area (TPSA) is 21.7 Å². The SMILES string of the molecule is CCN(CC)C[C@@H](C)CC[C@H]1O[C@H]2C[C@H]3[C@@H]4CC[C@@H]5C[C@@H](OCc6ccc(C)cc6)CC[C@]5(C)[C@H]4CC[C@]3(C)[C@H]2[C@@H]1C. The number of benzene rings is 1. The van der Waals surface area contributed by atoms with E-state index in [2.05, 4.69) is 77.6 Å². The number of rotatable bonds is 10. The highest BCUT2D eigenvalue weighted by molar-refractivity contribution is 5.20. The van der Waals surface area contributed by atoms with E-state index in [1.54, 1.807) is 0 Å². The van der Waals surface area contributed by atoms with Crippen molar-refractivity contribution in [3.63, 3.8) is 0 Å². The molecule has 4 aliphatic carbocycles. The van der Waals surface area contributed by atoms with Crippen LogP contribution in [-0.2, 0) is 16.1 Å². The van der Waals surface area contributed by atoms with E-state index in [1.165, 1.54) is 95.0 Å². The molecule has 0 unspecified atom stereocenters. The average molecular weight is 578 g/mol. The Labute approximate surface area is 258 Å². The van der Waals surface area contributed by atoms with Crippen LogP contribution in [0.15, 0.2) is 24.3 Å². The Bertz CT molecular complexity index is 1040. The third-order valence-corrected chi connectivity index (χ3v) is 14.2. The predicted octanol–water partition coefficient (Wildman–Crippen LogP) is 9.31. The molecule has 6 rings (SSSR count). The van der Waals surface area contributed by atoms with Crippen LogP contribution in [0.25, 0.3) is 0 Å². The molecule has 1 aromatic rings. The van der Waals surface area contributed by atoms with Crippen LogP contribution in [-0.4, -0.2) is 42.8 Å². The van der Waals surface area contributed by atoms with E-state index in [9.17, 15) is 0 Å². The van der Waals surface area contributed by atoms with Crippen LogP contribution in [0.2, 0.25) is 0 Å². The Morgan fingerprint density at radius 2 is 1.69 bits per heavy atom. The van der Waals surface area contributed by atoms with Gasteiger partial charge in [0.25, 0.3) is 0 Å². The molecule has 5 fully saturated rings. The second-order valence-corrected chi connectivity index (χ2v) is 16.4. The normalized spacial score (nSPS) is 43.5. The first-order valence-electron chi connectivity index (χ1n) is 18.2. The number of ether oxygens (including phenoxy) is 2. The Balaban J connectivity index is 1.05. The molecular formula is C39H63NO2. The fraction of sp³-hybridized carbons (Fsp3) is 0.846. The average Bonchev–Trinajstić information content (AvgIpc) is 3.47. The Morgan fingerprint density at radius 1 is 0.952 bits per heavy atom. The third-order valence-electron chi connectivity index (χ3n) is 14.2. The van der Waals surface area contributed by atoms with E-state index >= 15 is 0 Å². The number of aryl methyl sites for hydroxylation is 1. The van der Waals surface area contributed by atoms with Crippen LogP contribution < -0.4 is 0 Å². The number of hydrogen-bond acceptors (Lipinski definition) is 3. The maximum atomic E-state index is 7.03. The van der Waals surface area contributed by atoms with Crippen LogP contribution in [0, 0.1) is 59.2 Å². The van der Waals surface area contributed by atoms with Gasteiger partial charge in [-0.15, -0.1) is 0 Å². The van der Waals surface area contributed by atoms with E-state index in [1.807, 2.05) is 0 Å². The van der Waals surface area contributed by atoms with Gasteiger partial charge in [0.2, 0.25) is 0 Å². The summed E-state index contributed by atoms with van der Waals surface area (Å²) >= 11 is 0. The van der Waals surface area contributed by atoms with E-state index < -0.39 is 0 Å². The summed E-state index contributed by atoms with van der Waals surface area (Å²) in [6.45, 7) is 21.6. The second kappa shape index (κ2) is 12.5. The lowest BCUT2D eigenvalue weighted by Gasteiger charge is -2.61. The zero-order chi connectivity index (χ0) is 29.6. The lowest BCUT2D eigenvalue weighted by Crippen LogP contribution is -2.54. The van der Waals surface area contributed by atoms with Crippen molar-refractivity contribution in [2.24, 2.45) is 52.3 Å². The number of hydrogen-bond donors (Lipinski definition) is 0. The van der Waals surface area contributed by atoms with Crippen LogP contribution >= 0.6 is 0 Å². The fourth-order valence-electron chi connectivity index (χ4n) is 11.7. The highest BCUT2D eigenvalue weighted by Crippen LogP contribution is 2.70. The Morgan fingerprint density at radius 3 is 2.43 bits per heavy atom. The third kappa shape index (κ3) is 5.66. The van der Waals surface area contributed by atoms with Gasteiger partial charge >= 0.3 is 0 Å². The standard InChI is InChI=1S/C39H63NO2/c1-8-40(9-2)24-27(4)12-17-35-28(5)37-36(42-35)23-34-32-16-15-30-22-31(41-25-29-13-10-26(3)11-14-29)18-20-38(30,6)33(32)19-21-39(34,37)7/h10-11,13-14,27-28,30-37H,8-9,12,15-25H2,1-7H3/t27-,28+,30+,31-,32+,33-,34-,35+,36-,37-,38-,39-/m0/s1. The van der Waals surface area contributed by atoms with Gasteiger partial charge in [-0.2, -0.15) is 0 Å². The summed E-state index contributed by atoms with van der Waals surface area (Å²) in [4.78, 5) is 2.59. The van der Waals surface area contributed by atoms with Gasteiger partial charge in [-0.3, -0.25) is 0 Å². The van der Waals surface area contributed by atoms with Gasteiger partial charge < -0.3 is 14.4 Å². The van der Waals surface area contributed by atoms with E-state index in [-0.39, 0.29) is 0 Å². The summed E-state index contributed by atoms with van der Waals surface area (Å²) in [7, 11) is 0. The van der Waals surface area contributed by atoms with Gasteiger partial charge in [0, 0.05) is 6.54 Å². The maximum absolute atomic E-state index is 7.03. The molecule has 0 aromatic heterocycles. The zero-order valence-electron chi connectivity index (χ0n) is 28.2. The van der Waals surface area contributed by atoms with E-state index in [0.717, 1.165) is 48.0 Å². The van der Waals surface area contributed by atoms with Crippen molar-refractivity contribution in [1.82, 2.24) is 4.90 Å². The van der Waals surface area contributed by atoms with Gasteiger partial charge in [0.1, 0.15) is 0 Å². The molecule has 5 aliphatic rings. The summed E-state index contributed by atoms with van der Waals surface area (Å²) in [6, 6.07) is 8.91. The minimum Gasteiger partial charge on any atom is -0.374 e. The predicted molar refractivity (Wildman–Crippen MR) is 174 cm³/mol. The molecule has 0 bridgehead atoms. The molecule has 1 aliphatic heterocycles. The minimum absolute atomic E-state index is 0.446. The highest BCUT2D eigenvalue weighted by Gasteiger charge is 2.65. The van der Waals surface area contributed by atoms with Crippen LogP contribution in [0.3, 0.4) is 0 Å². The molecule has 0 amide bonds. The van der Waals surface area contributed by atoms with Gasteiger partial charge in [-0.25, -0.2) is 0 Å². The van der Waals surface area contributed by atoms with E-state index in [4.69, 9.17) is 9.47 Å². The number of fused-ring (bicyclic) bond motifs is 7. The minimum atomic E-state index is 0.446. The van der Waals surface area contributed by atoms with Crippen molar-refractivity contribution < 1.29 is 9.47 Å². The summed E-state index contributed by atoms with van der Waals surface area (Å²) in [5.74, 6) is 5.82. The fourth-order valence-corrected chi connectivity index (χ4v) is 11.7. The Kier molecular flexibility index (Phi) is 9.24. The van der Waals surface area contributed by atoms with Crippen molar-refractivity contribution in [3.05, 3.63) is 35.4 Å². The Hall–Kier alpha value is -0.900. The molecule has 0 N–H and O–H groups in total. The molecule has 0 spiro atoms. The highest BCUT2D eigenvalue weighted by atomic mass is 16.5. The summed E-state index contributed by atoms with van der Waals surface area (Å²) in [5.41, 5.74) is 3.66. The molecule has 4 saturated carbocycles. The summed E-state index contributed by atoms with van der Waals surface area (Å²) in [5, 5.41) is 0. The van der Waals surface area contributed by atoms with Gasteiger partial charge in [0.05, 0.1) is 24.9 Å². The van der Waals surface area contributed by atoms with Crippen molar-refractivity contribution in [3.8, 4) is 0 Å². The summed E-state index contributed by atoms with van der Waals surface area (Å²) < 4.78 is 13.6. The largest absolute Gasteiger partial charge is 0.374 e. The monoisotopic (exact) mass is 577 g/mol. The van der Waals surface area contributed by atoms with Crippen LogP contribution in [0.1, 0.15) is 117 Å². The lowest BCUT2D eigenvalue weighted by atomic mass is 9.44. The first kappa shape index (κ1) is 31.1. The van der Waals surface area contributed by atoms with Crippen LogP contribution in [0.4, 0.5) is 0 Å². The second-order valence-electron chi connectivity index (χ2n) is 16.4. The maximum Gasteiger partial charge on any atom is 0.0720 e. The first-order valence-corrected chi connectivity index (χ1v) is 18.2. The lowest BCUT2D eigenvalue weighted by molar-refractivity contribution is -0.139. The van der Waals surface area contributed by atoms with Gasteiger partial charge in [-0.1, -0.05) is 71.4 Å². The van der Waals surface area contributed by atoms with Gasteiger partial charge in [0.15, 0.2) is 0 Å². The molecule has 12 atom stereocenters. The summed E-state index contributed by atoms with van der Waals surface area (Å²) in [6.07, 6.45) is 15.1. The molecule has 1 saturated heterocycles. The molecule has 236 valence electrons. The van der Waals surface area contributed by atoms with Crippen molar-refractivity contribution >= 4 is 0 Å². The molecule has 1 aromatic carbocycles. The smallest absolute Gasteiger partial charge is 0.0720 e. The van der Waals surface area contributed by atoms with Crippen molar-refractivity contribution in [2.45, 2.75) is 138 Å². The quantitative estimate of drug-likeness (QED) is 0.277. The molecule has 42 heavy (non-hydrogen) atoms. The number of nitrogens with zero attached hydrogens (tertiary/aromatic N) is 1. The molecule has 0 radical (unpaired) electrons. The van der Waals surface area contributed by atoms with Crippen molar-refractivity contribution in [2.75, 3.05) is 19.6 Å². The van der Waals surface area contributed by atoms with Crippen LogP contribution in [0.5, 0.6) is 0 Å². The van der Waals surface area contributed by atoms with E-state index in [0.29, 0.717) is 29.1 Å².